The highest BCUT2D eigenvalue weighted by Crippen LogP contribution is 2.35. The van der Waals surface area contributed by atoms with Gasteiger partial charge in [0.1, 0.15) is 0 Å². The van der Waals surface area contributed by atoms with Gasteiger partial charge < -0.3 is 15.3 Å². The molecule has 1 aromatic carbocycles. The summed E-state index contributed by atoms with van der Waals surface area (Å²) in [5.41, 5.74) is 2.20. The second-order valence-electron chi connectivity index (χ2n) is 5.64. The summed E-state index contributed by atoms with van der Waals surface area (Å²) in [6.07, 6.45) is 2.06. The molecular weight excluding hydrogens is 244 g/mol. The van der Waals surface area contributed by atoms with Crippen LogP contribution in [0.1, 0.15) is 41.3 Å². The van der Waals surface area contributed by atoms with Crippen molar-refractivity contribution in [1.29, 1.82) is 0 Å². The summed E-state index contributed by atoms with van der Waals surface area (Å²) in [6, 6.07) is 4.98. The minimum absolute atomic E-state index is 0.0297. The van der Waals surface area contributed by atoms with Crippen LogP contribution in [0.3, 0.4) is 0 Å². The van der Waals surface area contributed by atoms with Crippen molar-refractivity contribution in [3.63, 3.8) is 0 Å². The standard InChI is InChI=1S/C14H16N2O3/c1-14(4-5-14)15-13(19)16-7-10-3-2-9(12(17)18)6-11(10)8-16/h2-3,6H,4-5,7-8H2,1H3,(H,15,19)(H,17,18). The molecule has 0 unspecified atom stereocenters. The minimum atomic E-state index is -0.934. The average molecular weight is 260 g/mol. The third-order valence-electron chi connectivity index (χ3n) is 3.87. The van der Waals surface area contributed by atoms with Crippen LogP contribution in [0.4, 0.5) is 4.79 Å². The van der Waals surface area contributed by atoms with Crippen molar-refractivity contribution in [3.8, 4) is 0 Å². The first-order valence-corrected chi connectivity index (χ1v) is 6.39. The van der Waals surface area contributed by atoms with E-state index in [-0.39, 0.29) is 17.1 Å². The molecule has 5 heteroatoms. The SMILES string of the molecule is CC1(NC(=O)N2Cc3ccc(C(=O)O)cc3C2)CC1. The lowest BCUT2D eigenvalue weighted by Gasteiger charge is -2.19. The molecule has 5 nitrogen and oxygen atoms in total. The Morgan fingerprint density at radius 3 is 2.58 bits per heavy atom. The van der Waals surface area contributed by atoms with E-state index in [2.05, 4.69) is 5.32 Å². The van der Waals surface area contributed by atoms with Gasteiger partial charge in [0.2, 0.25) is 0 Å². The van der Waals surface area contributed by atoms with Crippen LogP contribution in [0.5, 0.6) is 0 Å². The molecule has 3 rings (SSSR count). The number of carbonyl (C=O) groups excluding carboxylic acids is 1. The summed E-state index contributed by atoms with van der Waals surface area (Å²) < 4.78 is 0. The van der Waals surface area contributed by atoms with Crippen LogP contribution >= 0.6 is 0 Å². The number of aromatic carboxylic acids is 1. The third-order valence-corrected chi connectivity index (χ3v) is 3.87. The highest BCUT2D eigenvalue weighted by Gasteiger charge is 2.40. The van der Waals surface area contributed by atoms with Gasteiger partial charge in [-0.15, -0.1) is 0 Å². The topological polar surface area (TPSA) is 69.6 Å². The predicted octanol–water partition coefficient (Wildman–Crippen LogP) is 1.96. The largest absolute Gasteiger partial charge is 0.478 e. The molecule has 0 radical (unpaired) electrons. The maximum absolute atomic E-state index is 12.1. The lowest BCUT2D eigenvalue weighted by atomic mass is 10.1. The fourth-order valence-electron chi connectivity index (χ4n) is 2.32. The number of nitrogens with zero attached hydrogens (tertiary/aromatic N) is 1. The van der Waals surface area contributed by atoms with Gasteiger partial charge in [0.15, 0.2) is 0 Å². The molecule has 100 valence electrons. The van der Waals surface area contributed by atoms with E-state index in [1.807, 2.05) is 6.92 Å². The highest BCUT2D eigenvalue weighted by atomic mass is 16.4. The van der Waals surface area contributed by atoms with E-state index < -0.39 is 5.97 Å². The zero-order chi connectivity index (χ0) is 13.6. The van der Waals surface area contributed by atoms with Crippen molar-refractivity contribution in [1.82, 2.24) is 10.2 Å². The molecule has 19 heavy (non-hydrogen) atoms. The monoisotopic (exact) mass is 260 g/mol. The Morgan fingerprint density at radius 2 is 1.95 bits per heavy atom. The summed E-state index contributed by atoms with van der Waals surface area (Å²) in [4.78, 5) is 24.7. The molecule has 1 saturated carbocycles. The maximum Gasteiger partial charge on any atom is 0.335 e. The van der Waals surface area contributed by atoms with E-state index in [4.69, 9.17) is 5.11 Å². The van der Waals surface area contributed by atoms with Crippen molar-refractivity contribution in [2.24, 2.45) is 0 Å². The fraction of sp³-hybridized carbons (Fsp3) is 0.429. The molecule has 1 heterocycles. The van der Waals surface area contributed by atoms with E-state index in [1.54, 1.807) is 23.1 Å². The van der Waals surface area contributed by atoms with Gasteiger partial charge in [-0.1, -0.05) is 6.07 Å². The van der Waals surface area contributed by atoms with Gasteiger partial charge in [0.05, 0.1) is 5.56 Å². The number of urea groups is 1. The molecule has 2 aliphatic rings. The third kappa shape index (κ3) is 2.28. The molecule has 1 aliphatic heterocycles. The Balaban J connectivity index is 1.73. The van der Waals surface area contributed by atoms with Gasteiger partial charge in [-0.3, -0.25) is 0 Å². The van der Waals surface area contributed by atoms with E-state index in [0.717, 1.165) is 24.0 Å². The molecule has 0 aromatic heterocycles. The molecular formula is C14H16N2O3. The summed E-state index contributed by atoms with van der Waals surface area (Å²) in [6.45, 7) is 3.08. The first-order valence-electron chi connectivity index (χ1n) is 6.39. The first-order chi connectivity index (χ1) is 8.97. The van der Waals surface area contributed by atoms with Crippen molar-refractivity contribution in [2.45, 2.75) is 38.4 Å². The Kier molecular flexibility index (Phi) is 2.52. The second kappa shape index (κ2) is 3.98. The van der Waals surface area contributed by atoms with Crippen LogP contribution < -0.4 is 5.32 Å². The summed E-state index contributed by atoms with van der Waals surface area (Å²) >= 11 is 0. The van der Waals surface area contributed by atoms with Gasteiger partial charge in [-0.2, -0.15) is 0 Å². The van der Waals surface area contributed by atoms with E-state index >= 15 is 0 Å². The maximum atomic E-state index is 12.1. The number of carbonyl (C=O) groups is 2. The van der Waals surface area contributed by atoms with E-state index in [1.165, 1.54) is 0 Å². The minimum Gasteiger partial charge on any atom is -0.478 e. The average Bonchev–Trinajstić information content (AvgIpc) is 2.93. The van der Waals surface area contributed by atoms with Gasteiger partial charge in [0.25, 0.3) is 0 Å². The predicted molar refractivity (Wildman–Crippen MR) is 68.8 cm³/mol. The van der Waals surface area contributed by atoms with Crippen molar-refractivity contribution in [3.05, 3.63) is 34.9 Å². The van der Waals surface area contributed by atoms with E-state index in [9.17, 15) is 9.59 Å². The number of hydrogen-bond acceptors (Lipinski definition) is 2. The zero-order valence-corrected chi connectivity index (χ0v) is 10.8. The van der Waals surface area contributed by atoms with Gasteiger partial charge >= 0.3 is 12.0 Å². The summed E-state index contributed by atoms with van der Waals surface area (Å²) in [5.74, 6) is -0.934. The molecule has 2 amide bonds. The number of rotatable bonds is 2. The molecule has 0 spiro atoms. The smallest absolute Gasteiger partial charge is 0.335 e. The van der Waals surface area contributed by atoms with Crippen LogP contribution in [0.25, 0.3) is 0 Å². The van der Waals surface area contributed by atoms with Gasteiger partial charge in [-0.05, 0) is 43.0 Å². The van der Waals surface area contributed by atoms with Crippen molar-refractivity contribution < 1.29 is 14.7 Å². The summed E-state index contributed by atoms with van der Waals surface area (Å²) in [7, 11) is 0. The van der Waals surface area contributed by atoms with Crippen LogP contribution in [0, 0.1) is 0 Å². The number of nitrogens with one attached hydrogen (secondary N) is 1. The Labute approximate surface area is 111 Å². The normalized spacial score (nSPS) is 18.9. The Bertz CT molecular complexity index is 564. The van der Waals surface area contributed by atoms with Crippen LogP contribution in [0.15, 0.2) is 18.2 Å². The van der Waals surface area contributed by atoms with Crippen LogP contribution in [0.2, 0.25) is 0 Å². The van der Waals surface area contributed by atoms with E-state index in [0.29, 0.717) is 13.1 Å². The van der Waals surface area contributed by atoms with Crippen molar-refractivity contribution in [2.75, 3.05) is 0 Å². The Hall–Kier alpha value is -2.04. The fourth-order valence-corrected chi connectivity index (χ4v) is 2.32. The summed E-state index contributed by atoms with van der Waals surface area (Å²) in [5, 5.41) is 12.0. The molecule has 0 saturated heterocycles. The lowest BCUT2D eigenvalue weighted by Crippen LogP contribution is -2.42. The van der Waals surface area contributed by atoms with Crippen LogP contribution in [-0.4, -0.2) is 27.5 Å². The Morgan fingerprint density at radius 1 is 1.26 bits per heavy atom. The van der Waals surface area contributed by atoms with Crippen LogP contribution in [-0.2, 0) is 13.1 Å². The number of benzene rings is 1. The molecule has 0 bridgehead atoms. The number of fused-ring (bicyclic) bond motifs is 1. The molecule has 0 atom stereocenters. The number of carboxylic acid groups (broad SMARTS) is 1. The quantitative estimate of drug-likeness (QED) is 0.854. The van der Waals surface area contributed by atoms with Gasteiger partial charge in [-0.25, -0.2) is 9.59 Å². The number of hydrogen-bond donors (Lipinski definition) is 2. The highest BCUT2D eigenvalue weighted by molar-refractivity contribution is 5.88. The number of amides is 2. The van der Waals surface area contributed by atoms with Gasteiger partial charge in [0, 0.05) is 18.6 Å². The molecule has 1 aliphatic carbocycles. The zero-order valence-electron chi connectivity index (χ0n) is 10.8. The molecule has 2 N–H and O–H groups in total. The second-order valence-corrected chi connectivity index (χ2v) is 5.64. The lowest BCUT2D eigenvalue weighted by molar-refractivity contribution is 0.0696. The number of carboxylic acids is 1. The first kappa shape index (κ1) is 12.0. The molecule has 1 aromatic rings. The molecule has 1 fully saturated rings. The van der Waals surface area contributed by atoms with Crippen molar-refractivity contribution >= 4 is 12.0 Å².